The van der Waals surface area contributed by atoms with Gasteiger partial charge in [0.2, 0.25) is 11.6 Å². The lowest BCUT2D eigenvalue weighted by Crippen LogP contribution is -2.36. The summed E-state index contributed by atoms with van der Waals surface area (Å²) in [5.41, 5.74) is 1.83. The average Bonchev–Trinajstić information content (AvgIpc) is 3.01. The quantitative estimate of drug-likeness (QED) is 0.485. The fourth-order valence-corrected chi connectivity index (χ4v) is 3.35. The topological polar surface area (TPSA) is 88.2 Å². The van der Waals surface area contributed by atoms with E-state index in [1.165, 1.54) is 11.8 Å². The zero-order valence-electron chi connectivity index (χ0n) is 14.6. The standard InChI is InChI=1S/C18H16ClN3O4S/c1-11-3-6-13(7-4-11)22-17(18(24)26-21-22)27-10-16(23)20-12-5-8-15(25-2)14(19)9-12/h3-9H,10H2,1-2H3,(H-,20,21,23,24)/p+1. The number of rotatable bonds is 6. The van der Waals surface area contributed by atoms with Crippen LogP contribution in [0.5, 0.6) is 5.75 Å². The van der Waals surface area contributed by atoms with Crippen molar-refractivity contribution < 1.29 is 18.7 Å². The summed E-state index contributed by atoms with van der Waals surface area (Å²) < 4.78 is 11.5. The summed E-state index contributed by atoms with van der Waals surface area (Å²) in [7, 11) is 1.52. The number of carbonyl (C=O) groups is 1. The molecule has 0 aliphatic carbocycles. The lowest BCUT2D eigenvalue weighted by atomic mass is 10.2. The molecule has 0 unspecified atom stereocenters. The molecule has 1 aromatic heterocycles. The van der Waals surface area contributed by atoms with Crippen molar-refractivity contribution in [2.24, 2.45) is 0 Å². The maximum atomic E-state index is 12.2. The SMILES string of the molecule is COc1ccc(NC(=O)CSc2c(=O)o[nH][n+]2-c2ccc(C)cc2)cc1Cl. The summed E-state index contributed by atoms with van der Waals surface area (Å²) in [6.07, 6.45) is 0. The van der Waals surface area contributed by atoms with Crippen molar-refractivity contribution >= 4 is 35.0 Å². The number of aryl methyl sites for hydroxylation is 1. The maximum absolute atomic E-state index is 12.2. The van der Waals surface area contributed by atoms with E-state index >= 15 is 0 Å². The Kier molecular flexibility index (Phi) is 5.88. The van der Waals surface area contributed by atoms with Gasteiger partial charge in [-0.15, -0.1) is 0 Å². The number of benzene rings is 2. The lowest BCUT2D eigenvalue weighted by molar-refractivity contribution is -0.704. The number of thioether (sulfide) groups is 1. The molecule has 3 aromatic rings. The number of anilines is 1. The second-order valence-corrected chi connectivity index (χ2v) is 7.01. The second kappa shape index (κ2) is 8.32. The number of nitrogens with zero attached hydrogens (tertiary/aromatic N) is 1. The Labute approximate surface area is 164 Å². The Hall–Kier alpha value is -2.71. The van der Waals surface area contributed by atoms with E-state index in [-0.39, 0.29) is 16.7 Å². The Morgan fingerprint density at radius 1 is 1.30 bits per heavy atom. The fourth-order valence-electron chi connectivity index (χ4n) is 2.33. The van der Waals surface area contributed by atoms with Crippen LogP contribution < -0.4 is 20.4 Å². The number of carbonyl (C=O) groups excluding carboxylic acids is 1. The molecular weight excluding hydrogens is 390 g/mol. The normalized spacial score (nSPS) is 10.6. The van der Waals surface area contributed by atoms with Crippen LogP contribution in [0.3, 0.4) is 0 Å². The minimum atomic E-state index is -0.541. The highest BCUT2D eigenvalue weighted by atomic mass is 35.5. The third-order valence-corrected chi connectivity index (χ3v) is 5.00. The van der Waals surface area contributed by atoms with Crippen LogP contribution in [0.25, 0.3) is 5.69 Å². The number of aromatic nitrogens is 2. The molecule has 0 saturated heterocycles. The van der Waals surface area contributed by atoms with E-state index in [2.05, 4.69) is 10.6 Å². The highest BCUT2D eigenvalue weighted by Crippen LogP contribution is 2.27. The molecule has 0 radical (unpaired) electrons. The number of aromatic amines is 1. The van der Waals surface area contributed by atoms with E-state index < -0.39 is 5.63 Å². The number of hydrogen-bond acceptors (Lipinski definition) is 5. The van der Waals surface area contributed by atoms with Gasteiger partial charge in [0.25, 0.3) is 0 Å². The van der Waals surface area contributed by atoms with Gasteiger partial charge in [-0.3, -0.25) is 9.32 Å². The van der Waals surface area contributed by atoms with Crippen LogP contribution >= 0.6 is 23.4 Å². The van der Waals surface area contributed by atoms with E-state index in [0.29, 0.717) is 16.5 Å². The molecule has 7 nitrogen and oxygen atoms in total. The van der Waals surface area contributed by atoms with E-state index in [9.17, 15) is 9.59 Å². The lowest BCUT2D eigenvalue weighted by Gasteiger charge is -2.07. The summed E-state index contributed by atoms with van der Waals surface area (Å²) in [6, 6.07) is 12.5. The second-order valence-electron chi connectivity index (χ2n) is 5.64. The van der Waals surface area contributed by atoms with E-state index in [4.69, 9.17) is 20.9 Å². The largest absolute Gasteiger partial charge is 0.495 e. The minimum absolute atomic E-state index is 0.0259. The van der Waals surface area contributed by atoms with Gasteiger partial charge in [-0.2, -0.15) is 0 Å². The molecular formula is C18H17ClN3O4S+. The monoisotopic (exact) mass is 406 g/mol. The van der Waals surface area contributed by atoms with Crippen molar-refractivity contribution in [1.29, 1.82) is 0 Å². The Morgan fingerprint density at radius 3 is 2.70 bits per heavy atom. The van der Waals surface area contributed by atoms with Gasteiger partial charge in [0.05, 0.1) is 17.9 Å². The number of ether oxygens (including phenoxy) is 1. The minimum Gasteiger partial charge on any atom is -0.495 e. The third kappa shape index (κ3) is 4.53. The predicted octanol–water partition coefficient (Wildman–Crippen LogP) is 2.95. The fraction of sp³-hybridized carbons (Fsp3) is 0.167. The first kappa shape index (κ1) is 19.1. The molecule has 0 aliphatic rings. The first-order valence-corrected chi connectivity index (χ1v) is 9.31. The molecule has 1 heterocycles. The van der Waals surface area contributed by atoms with Crippen LogP contribution in [0.4, 0.5) is 5.69 Å². The third-order valence-electron chi connectivity index (χ3n) is 3.68. The zero-order chi connectivity index (χ0) is 19.4. The summed E-state index contributed by atoms with van der Waals surface area (Å²) in [5.74, 6) is 0.267. The van der Waals surface area contributed by atoms with Crippen molar-refractivity contribution in [1.82, 2.24) is 5.27 Å². The van der Waals surface area contributed by atoms with E-state index in [1.54, 1.807) is 18.2 Å². The number of H-pyrrole nitrogens is 1. The van der Waals surface area contributed by atoms with Gasteiger partial charge < -0.3 is 10.1 Å². The summed E-state index contributed by atoms with van der Waals surface area (Å²) in [4.78, 5) is 24.2. The molecule has 9 heteroatoms. The van der Waals surface area contributed by atoms with Crippen LogP contribution in [0.15, 0.2) is 56.8 Å². The molecule has 3 rings (SSSR count). The van der Waals surface area contributed by atoms with Crippen molar-refractivity contribution in [2.45, 2.75) is 11.9 Å². The zero-order valence-corrected chi connectivity index (χ0v) is 16.2. The van der Waals surface area contributed by atoms with Gasteiger partial charge in [-0.25, -0.2) is 4.79 Å². The van der Waals surface area contributed by atoms with Gasteiger partial charge in [0.15, 0.2) is 0 Å². The van der Waals surface area contributed by atoms with Gasteiger partial charge in [0, 0.05) is 17.8 Å². The van der Waals surface area contributed by atoms with Gasteiger partial charge in [-0.05, 0) is 46.8 Å². The van der Waals surface area contributed by atoms with E-state index in [1.807, 2.05) is 31.2 Å². The smallest absolute Gasteiger partial charge is 0.442 e. The van der Waals surface area contributed by atoms with Crippen LogP contribution in [0, 0.1) is 6.92 Å². The average molecular weight is 407 g/mol. The molecule has 27 heavy (non-hydrogen) atoms. The summed E-state index contributed by atoms with van der Waals surface area (Å²) in [6.45, 7) is 1.97. The molecule has 140 valence electrons. The van der Waals surface area contributed by atoms with E-state index in [0.717, 1.165) is 23.0 Å². The number of amides is 1. The number of nitrogens with one attached hydrogen (secondary N) is 2. The predicted molar refractivity (Wildman–Crippen MR) is 103 cm³/mol. The van der Waals surface area contributed by atoms with Crippen molar-refractivity contribution in [3.63, 3.8) is 0 Å². The van der Waals surface area contributed by atoms with Crippen LogP contribution in [0.2, 0.25) is 5.02 Å². The van der Waals surface area contributed by atoms with Crippen LogP contribution in [0.1, 0.15) is 5.56 Å². The molecule has 2 aromatic carbocycles. The first-order chi connectivity index (χ1) is 13.0. The summed E-state index contributed by atoms with van der Waals surface area (Å²) in [5, 5.41) is 5.95. The first-order valence-electron chi connectivity index (χ1n) is 7.94. The molecule has 0 spiro atoms. The van der Waals surface area contributed by atoms with Crippen LogP contribution in [-0.2, 0) is 4.79 Å². The highest BCUT2D eigenvalue weighted by molar-refractivity contribution is 7.99. The maximum Gasteiger partial charge on any atom is 0.442 e. The number of halogens is 1. The van der Waals surface area contributed by atoms with Gasteiger partial charge in [-0.1, -0.05) is 29.3 Å². The van der Waals surface area contributed by atoms with Crippen molar-refractivity contribution in [3.8, 4) is 11.4 Å². The molecule has 1 amide bonds. The molecule has 0 atom stereocenters. The molecule has 0 aliphatic heterocycles. The number of hydrogen-bond donors (Lipinski definition) is 2. The van der Waals surface area contributed by atoms with Gasteiger partial charge in [0.1, 0.15) is 5.75 Å². The molecule has 2 N–H and O–H groups in total. The van der Waals surface area contributed by atoms with Gasteiger partial charge >= 0.3 is 10.7 Å². The Bertz CT molecular complexity index is 1010. The molecule has 0 saturated carbocycles. The number of methoxy groups -OCH3 is 1. The Morgan fingerprint density at radius 2 is 2.04 bits per heavy atom. The van der Waals surface area contributed by atoms with Crippen molar-refractivity contribution in [2.75, 3.05) is 18.2 Å². The summed E-state index contributed by atoms with van der Waals surface area (Å²) >= 11 is 7.12. The molecule has 0 bridgehead atoms. The van der Waals surface area contributed by atoms with Crippen molar-refractivity contribution in [3.05, 3.63) is 63.5 Å². The Balaban J connectivity index is 1.69. The van der Waals surface area contributed by atoms with Crippen LogP contribution in [-0.4, -0.2) is 24.0 Å². The molecule has 0 fully saturated rings. The highest BCUT2D eigenvalue weighted by Gasteiger charge is 2.25.